The Morgan fingerprint density at radius 1 is 1.26 bits per heavy atom. The Kier molecular flexibility index (Phi) is 3.70. The summed E-state index contributed by atoms with van der Waals surface area (Å²) < 4.78 is 32.0. The molecule has 2 rings (SSSR count). The first-order valence-electron chi connectivity index (χ1n) is 5.33. The van der Waals surface area contributed by atoms with E-state index in [9.17, 15) is 13.6 Å². The Labute approximate surface area is 107 Å². The van der Waals surface area contributed by atoms with E-state index >= 15 is 0 Å². The van der Waals surface area contributed by atoms with Crippen LogP contribution in [0.15, 0.2) is 36.5 Å². The van der Waals surface area contributed by atoms with Crippen molar-refractivity contribution >= 4 is 5.97 Å². The van der Waals surface area contributed by atoms with Gasteiger partial charge in [-0.05, 0) is 24.3 Å². The normalized spacial score (nSPS) is 10.2. The van der Waals surface area contributed by atoms with Crippen LogP contribution in [-0.2, 0) is 6.61 Å². The number of carboxylic acids is 1. The molecule has 1 aromatic carbocycles. The van der Waals surface area contributed by atoms with Gasteiger partial charge in [0.1, 0.15) is 6.61 Å². The second-order valence-electron chi connectivity index (χ2n) is 3.68. The maximum Gasteiger partial charge on any atom is 0.335 e. The third-order valence-electron chi connectivity index (χ3n) is 2.34. The number of pyridine rings is 1. The first kappa shape index (κ1) is 12.9. The number of nitrogens with zero attached hydrogens (tertiary/aromatic N) is 1. The van der Waals surface area contributed by atoms with Crippen LogP contribution >= 0.6 is 0 Å². The van der Waals surface area contributed by atoms with Crippen molar-refractivity contribution in [3.8, 4) is 5.75 Å². The predicted molar refractivity (Wildman–Crippen MR) is 61.9 cm³/mol. The van der Waals surface area contributed by atoms with Gasteiger partial charge in [-0.25, -0.2) is 13.6 Å². The predicted octanol–water partition coefficient (Wildman–Crippen LogP) is 2.64. The number of hydrogen-bond donors (Lipinski definition) is 1. The van der Waals surface area contributed by atoms with E-state index in [0.717, 1.165) is 0 Å². The monoisotopic (exact) mass is 265 g/mol. The molecule has 0 aliphatic rings. The van der Waals surface area contributed by atoms with Crippen LogP contribution < -0.4 is 4.74 Å². The lowest BCUT2D eigenvalue weighted by Crippen LogP contribution is -2.04. The van der Waals surface area contributed by atoms with E-state index in [1.54, 1.807) is 18.2 Å². The van der Waals surface area contributed by atoms with Gasteiger partial charge < -0.3 is 9.84 Å². The number of aromatic carboxylic acids is 1. The summed E-state index contributed by atoms with van der Waals surface area (Å²) in [5.41, 5.74) is 0.0313. The van der Waals surface area contributed by atoms with Crippen molar-refractivity contribution in [1.82, 2.24) is 4.98 Å². The van der Waals surface area contributed by atoms with E-state index in [0.29, 0.717) is 17.8 Å². The Bertz CT molecular complexity index is 579. The number of ether oxygens (including phenoxy) is 1. The minimum Gasteiger partial charge on any atom is -0.481 e. The number of hydrogen-bond acceptors (Lipinski definition) is 3. The van der Waals surface area contributed by atoms with Gasteiger partial charge in [0, 0.05) is 6.20 Å². The van der Waals surface area contributed by atoms with Gasteiger partial charge in [0.2, 0.25) is 0 Å². The summed E-state index contributed by atoms with van der Waals surface area (Å²) in [5.74, 6) is -4.15. The molecule has 0 aliphatic heterocycles. The van der Waals surface area contributed by atoms with Crippen molar-refractivity contribution in [2.24, 2.45) is 0 Å². The molecule has 19 heavy (non-hydrogen) atoms. The molecule has 0 saturated carbocycles. The molecule has 1 heterocycles. The van der Waals surface area contributed by atoms with Gasteiger partial charge in [0.25, 0.3) is 0 Å². The van der Waals surface area contributed by atoms with Crippen molar-refractivity contribution in [2.75, 3.05) is 0 Å². The number of aromatic nitrogens is 1. The van der Waals surface area contributed by atoms with Gasteiger partial charge in [-0.15, -0.1) is 0 Å². The van der Waals surface area contributed by atoms with E-state index in [4.69, 9.17) is 9.84 Å². The molecule has 0 radical (unpaired) electrons. The molecule has 6 heteroatoms. The zero-order valence-corrected chi connectivity index (χ0v) is 9.64. The van der Waals surface area contributed by atoms with Gasteiger partial charge in [0.05, 0.1) is 11.3 Å². The Hall–Kier alpha value is -2.50. The third-order valence-corrected chi connectivity index (χ3v) is 2.34. The molecule has 0 unspecified atom stereocenters. The van der Waals surface area contributed by atoms with E-state index in [-0.39, 0.29) is 6.61 Å². The molecule has 0 bridgehead atoms. The highest BCUT2D eigenvalue weighted by atomic mass is 19.1. The average Bonchev–Trinajstić information content (AvgIpc) is 2.38. The van der Waals surface area contributed by atoms with Crippen LogP contribution in [0.2, 0.25) is 0 Å². The highest BCUT2D eigenvalue weighted by Crippen LogP contribution is 2.24. The van der Waals surface area contributed by atoms with Gasteiger partial charge in [-0.1, -0.05) is 6.07 Å². The molecule has 0 saturated heterocycles. The Balaban J connectivity index is 2.19. The fourth-order valence-electron chi connectivity index (χ4n) is 1.45. The van der Waals surface area contributed by atoms with Gasteiger partial charge in [-0.2, -0.15) is 0 Å². The fourth-order valence-corrected chi connectivity index (χ4v) is 1.45. The second-order valence-corrected chi connectivity index (χ2v) is 3.68. The molecule has 2 aromatic rings. The minimum absolute atomic E-state index is 0.110. The third kappa shape index (κ3) is 3.04. The standard InChI is InChI=1S/C13H9F2NO3/c14-10-5-8(13(17)18)6-11(15)12(10)19-7-9-3-1-2-4-16-9/h1-6H,7H2,(H,17,18). The van der Waals surface area contributed by atoms with Gasteiger partial charge in [0.15, 0.2) is 17.4 Å². The van der Waals surface area contributed by atoms with E-state index < -0.39 is 28.9 Å². The van der Waals surface area contributed by atoms with Crippen LogP contribution in [0.25, 0.3) is 0 Å². The van der Waals surface area contributed by atoms with Crippen molar-refractivity contribution < 1.29 is 23.4 Å². The largest absolute Gasteiger partial charge is 0.481 e. The summed E-state index contributed by atoms with van der Waals surface area (Å²) in [6.45, 7) is -0.110. The summed E-state index contributed by atoms with van der Waals surface area (Å²) >= 11 is 0. The fraction of sp³-hybridized carbons (Fsp3) is 0.0769. The molecule has 0 amide bonds. The van der Waals surface area contributed by atoms with E-state index in [1.807, 2.05) is 0 Å². The number of carbonyl (C=O) groups is 1. The van der Waals surface area contributed by atoms with E-state index in [2.05, 4.69) is 4.98 Å². The van der Waals surface area contributed by atoms with E-state index in [1.165, 1.54) is 6.20 Å². The Morgan fingerprint density at radius 2 is 1.95 bits per heavy atom. The van der Waals surface area contributed by atoms with Crippen molar-refractivity contribution in [1.29, 1.82) is 0 Å². The zero-order chi connectivity index (χ0) is 13.8. The molecular formula is C13H9F2NO3. The highest BCUT2D eigenvalue weighted by molar-refractivity contribution is 5.87. The van der Waals surface area contributed by atoms with Crippen molar-refractivity contribution in [3.05, 3.63) is 59.4 Å². The number of benzene rings is 1. The SMILES string of the molecule is O=C(O)c1cc(F)c(OCc2ccccn2)c(F)c1. The summed E-state index contributed by atoms with van der Waals surface area (Å²) in [7, 11) is 0. The van der Waals surface area contributed by atoms with Crippen LogP contribution in [-0.4, -0.2) is 16.1 Å². The van der Waals surface area contributed by atoms with Crippen LogP contribution in [0, 0.1) is 11.6 Å². The number of halogens is 2. The van der Waals surface area contributed by atoms with Crippen molar-refractivity contribution in [2.45, 2.75) is 6.61 Å². The molecule has 1 aromatic heterocycles. The quantitative estimate of drug-likeness (QED) is 0.923. The molecule has 0 aliphatic carbocycles. The minimum atomic E-state index is -1.41. The lowest BCUT2D eigenvalue weighted by molar-refractivity contribution is 0.0695. The van der Waals surface area contributed by atoms with Crippen LogP contribution in [0.3, 0.4) is 0 Å². The lowest BCUT2D eigenvalue weighted by Gasteiger charge is -2.08. The maximum absolute atomic E-state index is 13.5. The Morgan fingerprint density at radius 3 is 2.47 bits per heavy atom. The summed E-state index contributed by atoms with van der Waals surface area (Å²) in [6, 6.07) is 6.47. The number of rotatable bonds is 4. The second kappa shape index (κ2) is 5.43. The molecule has 0 fully saturated rings. The molecule has 0 spiro atoms. The van der Waals surface area contributed by atoms with Crippen molar-refractivity contribution in [3.63, 3.8) is 0 Å². The topological polar surface area (TPSA) is 59.4 Å². The summed E-state index contributed by atoms with van der Waals surface area (Å²) in [4.78, 5) is 14.5. The lowest BCUT2D eigenvalue weighted by atomic mass is 10.2. The molecule has 4 nitrogen and oxygen atoms in total. The first-order chi connectivity index (χ1) is 9.08. The summed E-state index contributed by atoms with van der Waals surface area (Å²) in [5, 5.41) is 8.65. The maximum atomic E-state index is 13.5. The molecular weight excluding hydrogens is 256 g/mol. The molecule has 0 atom stereocenters. The van der Waals surface area contributed by atoms with Crippen LogP contribution in [0.1, 0.15) is 16.1 Å². The average molecular weight is 265 g/mol. The first-order valence-corrected chi connectivity index (χ1v) is 5.33. The van der Waals surface area contributed by atoms with Gasteiger partial charge in [-0.3, -0.25) is 4.98 Å². The van der Waals surface area contributed by atoms with Crippen LogP contribution in [0.4, 0.5) is 8.78 Å². The smallest absolute Gasteiger partial charge is 0.335 e. The number of carboxylic acid groups (broad SMARTS) is 1. The molecule has 98 valence electrons. The highest BCUT2D eigenvalue weighted by Gasteiger charge is 2.16. The zero-order valence-electron chi connectivity index (χ0n) is 9.64. The van der Waals surface area contributed by atoms with Gasteiger partial charge >= 0.3 is 5.97 Å². The van der Waals surface area contributed by atoms with Crippen LogP contribution in [0.5, 0.6) is 5.75 Å². The summed E-state index contributed by atoms with van der Waals surface area (Å²) in [6.07, 6.45) is 1.53. The molecule has 1 N–H and O–H groups in total.